The van der Waals surface area contributed by atoms with Crippen LogP contribution in [0.1, 0.15) is 56.1 Å². The Morgan fingerprint density at radius 1 is 0.886 bits per heavy atom. The molecule has 178 valence electrons. The number of Topliss-reactive ketones (excluding diaryl/α,β-unsaturated/α-hetero) is 2. The largest absolute Gasteiger partial charge is 0.416 e. The number of carbonyl (C=O) groups is 2. The Morgan fingerprint density at radius 2 is 1.46 bits per heavy atom. The monoisotopic (exact) mass is 493 g/mol. The van der Waals surface area contributed by atoms with Crippen molar-refractivity contribution in [3.8, 4) is 11.3 Å². The van der Waals surface area contributed by atoms with Gasteiger partial charge < -0.3 is 4.57 Å². The lowest BCUT2D eigenvalue weighted by molar-refractivity contribution is -0.137. The first kappa shape index (κ1) is 23.3. The zero-order chi connectivity index (χ0) is 25.1. The van der Waals surface area contributed by atoms with Crippen molar-refractivity contribution >= 4 is 39.2 Å². The number of alkyl halides is 3. The van der Waals surface area contributed by atoms with Crippen LogP contribution in [0.5, 0.6) is 0 Å². The second-order valence-electron chi connectivity index (χ2n) is 8.65. The molecule has 3 nitrogen and oxygen atoms in total. The van der Waals surface area contributed by atoms with Gasteiger partial charge in [-0.1, -0.05) is 26.0 Å². The Balaban J connectivity index is 1.49. The van der Waals surface area contributed by atoms with Crippen LogP contribution in [-0.4, -0.2) is 16.1 Å². The number of hydrogen-bond donors (Lipinski definition) is 0. The summed E-state index contributed by atoms with van der Waals surface area (Å²) in [4.78, 5) is 26.9. The standard InChI is InChI=1S/C28H22F3NO2S/c1-4-15-10-20-21(11-16(15)5-2)27(34)22(26(20)33)12-19-13-24-25(35-19)14-23(32(24)3)17-6-8-18(9-7-17)28(29,30)31/h6-14H,4-5H2,1-3H3. The van der Waals surface area contributed by atoms with Crippen LogP contribution in [-0.2, 0) is 26.1 Å². The van der Waals surface area contributed by atoms with Gasteiger partial charge in [-0.3, -0.25) is 9.59 Å². The minimum absolute atomic E-state index is 0.171. The third-order valence-corrected chi connectivity index (χ3v) is 7.64. The Morgan fingerprint density at radius 3 is 1.94 bits per heavy atom. The number of nitrogens with zero attached hydrogens (tertiary/aromatic N) is 1. The molecule has 0 aliphatic heterocycles. The summed E-state index contributed by atoms with van der Waals surface area (Å²) in [6.07, 6.45) is -1.12. The van der Waals surface area contributed by atoms with E-state index in [2.05, 4.69) is 0 Å². The predicted octanol–water partition coefficient (Wildman–Crippen LogP) is 7.51. The summed E-state index contributed by atoms with van der Waals surface area (Å²) in [5, 5.41) is 0. The van der Waals surface area contributed by atoms with Crippen LogP contribution in [0, 0.1) is 0 Å². The lowest BCUT2D eigenvalue weighted by Crippen LogP contribution is -2.04. The molecule has 7 heteroatoms. The first-order chi connectivity index (χ1) is 16.6. The maximum atomic E-state index is 13.1. The maximum Gasteiger partial charge on any atom is 0.416 e. The van der Waals surface area contributed by atoms with E-state index in [4.69, 9.17) is 0 Å². The van der Waals surface area contributed by atoms with Crippen molar-refractivity contribution in [2.45, 2.75) is 32.9 Å². The Hall–Kier alpha value is -3.45. The average Bonchev–Trinajstić information content (AvgIpc) is 3.45. The zero-order valence-corrected chi connectivity index (χ0v) is 20.2. The van der Waals surface area contributed by atoms with Crippen LogP contribution in [0.25, 0.3) is 27.6 Å². The van der Waals surface area contributed by atoms with E-state index in [-0.39, 0.29) is 17.1 Å². The molecule has 4 aromatic rings. The number of fused-ring (bicyclic) bond motifs is 2. The lowest BCUT2D eigenvalue weighted by atomic mass is 9.96. The molecule has 1 aliphatic carbocycles. The van der Waals surface area contributed by atoms with Gasteiger partial charge in [-0.25, -0.2) is 0 Å². The maximum absolute atomic E-state index is 13.1. The van der Waals surface area contributed by atoms with Crippen molar-refractivity contribution < 1.29 is 22.8 Å². The highest BCUT2D eigenvalue weighted by atomic mass is 32.1. The zero-order valence-electron chi connectivity index (χ0n) is 19.4. The molecule has 2 aromatic carbocycles. The minimum atomic E-state index is -4.37. The molecular formula is C28H22F3NO2S. The number of ketones is 2. The van der Waals surface area contributed by atoms with Gasteiger partial charge in [0.15, 0.2) is 11.6 Å². The highest BCUT2D eigenvalue weighted by Crippen LogP contribution is 2.37. The van der Waals surface area contributed by atoms with E-state index in [1.165, 1.54) is 23.5 Å². The first-order valence-electron chi connectivity index (χ1n) is 11.4. The van der Waals surface area contributed by atoms with Gasteiger partial charge in [0, 0.05) is 28.7 Å². The summed E-state index contributed by atoms with van der Waals surface area (Å²) in [6.45, 7) is 4.07. The number of benzene rings is 2. The van der Waals surface area contributed by atoms with Gasteiger partial charge in [0.25, 0.3) is 0 Å². The fourth-order valence-electron chi connectivity index (χ4n) is 4.70. The van der Waals surface area contributed by atoms with E-state index in [0.29, 0.717) is 16.7 Å². The number of halogens is 3. The molecule has 0 bridgehead atoms. The smallest absolute Gasteiger partial charge is 0.343 e. The summed E-state index contributed by atoms with van der Waals surface area (Å²) in [5.41, 5.74) is 4.96. The van der Waals surface area contributed by atoms with Crippen LogP contribution in [0.15, 0.2) is 54.1 Å². The van der Waals surface area contributed by atoms with E-state index in [0.717, 1.165) is 56.9 Å². The summed E-state index contributed by atoms with van der Waals surface area (Å²) >= 11 is 1.44. The van der Waals surface area contributed by atoms with Crippen molar-refractivity contribution in [1.29, 1.82) is 0 Å². The Kier molecular flexibility index (Phi) is 5.55. The van der Waals surface area contributed by atoms with Crippen LogP contribution in [0.2, 0.25) is 0 Å². The van der Waals surface area contributed by atoms with E-state index in [1.807, 2.05) is 49.7 Å². The molecular weight excluding hydrogens is 471 g/mol. The number of allylic oxidation sites excluding steroid dienone is 1. The SMILES string of the molecule is CCc1cc2c(cc1CC)C(=O)C(=Cc1cc3c(cc(-c4ccc(C(F)(F)F)cc4)n3C)s1)C2=O. The third kappa shape index (κ3) is 3.84. The summed E-state index contributed by atoms with van der Waals surface area (Å²) in [6, 6.07) is 12.6. The summed E-state index contributed by atoms with van der Waals surface area (Å²) < 4.78 is 41.5. The van der Waals surface area contributed by atoms with Gasteiger partial charge in [-0.2, -0.15) is 13.2 Å². The molecule has 0 N–H and O–H groups in total. The van der Waals surface area contributed by atoms with E-state index >= 15 is 0 Å². The first-order valence-corrected chi connectivity index (χ1v) is 12.2. The van der Waals surface area contributed by atoms with Gasteiger partial charge in [0.1, 0.15) is 0 Å². The molecule has 0 saturated heterocycles. The number of aryl methyl sites for hydroxylation is 3. The normalized spacial score (nSPS) is 13.7. The molecule has 1 aliphatic rings. The molecule has 0 radical (unpaired) electrons. The van der Waals surface area contributed by atoms with Crippen LogP contribution in [0.4, 0.5) is 13.2 Å². The Labute approximate surface area is 204 Å². The van der Waals surface area contributed by atoms with Crippen molar-refractivity contribution in [3.05, 3.63) is 86.8 Å². The van der Waals surface area contributed by atoms with Gasteiger partial charge in [-0.15, -0.1) is 11.3 Å². The highest BCUT2D eigenvalue weighted by Gasteiger charge is 2.34. The number of carbonyl (C=O) groups excluding carboxylic acids is 2. The lowest BCUT2D eigenvalue weighted by Gasteiger charge is -2.08. The summed E-state index contributed by atoms with van der Waals surface area (Å²) in [7, 11) is 1.85. The predicted molar refractivity (Wildman–Crippen MR) is 133 cm³/mol. The van der Waals surface area contributed by atoms with E-state index < -0.39 is 11.7 Å². The Bertz CT molecular complexity index is 1490. The number of rotatable bonds is 4. The molecule has 35 heavy (non-hydrogen) atoms. The molecule has 0 spiro atoms. The minimum Gasteiger partial charge on any atom is -0.343 e. The van der Waals surface area contributed by atoms with E-state index in [9.17, 15) is 22.8 Å². The van der Waals surface area contributed by atoms with E-state index in [1.54, 1.807) is 6.08 Å². The number of thiophene rings is 1. The quantitative estimate of drug-likeness (QED) is 0.218. The molecule has 5 rings (SSSR count). The fourth-order valence-corrected chi connectivity index (χ4v) is 5.77. The van der Waals surface area contributed by atoms with Gasteiger partial charge in [0.2, 0.25) is 0 Å². The van der Waals surface area contributed by atoms with Crippen molar-refractivity contribution in [1.82, 2.24) is 4.57 Å². The second kappa shape index (κ2) is 8.34. The molecule has 0 saturated carbocycles. The molecule has 2 heterocycles. The second-order valence-corrected chi connectivity index (χ2v) is 9.77. The topological polar surface area (TPSA) is 39.1 Å². The summed E-state index contributed by atoms with van der Waals surface area (Å²) in [5.74, 6) is -0.490. The highest BCUT2D eigenvalue weighted by molar-refractivity contribution is 7.19. The van der Waals surface area contributed by atoms with Crippen LogP contribution in [0.3, 0.4) is 0 Å². The number of aromatic nitrogens is 1. The van der Waals surface area contributed by atoms with Gasteiger partial charge in [0.05, 0.1) is 21.4 Å². The van der Waals surface area contributed by atoms with Crippen LogP contribution >= 0.6 is 11.3 Å². The van der Waals surface area contributed by atoms with Crippen LogP contribution < -0.4 is 0 Å². The molecule has 0 amide bonds. The van der Waals surface area contributed by atoms with Crippen molar-refractivity contribution in [2.24, 2.45) is 7.05 Å². The van der Waals surface area contributed by atoms with Gasteiger partial charge >= 0.3 is 6.18 Å². The fraction of sp³-hybridized carbons (Fsp3) is 0.214. The average molecular weight is 494 g/mol. The molecule has 0 atom stereocenters. The molecule has 0 unspecified atom stereocenters. The van der Waals surface area contributed by atoms with Crippen molar-refractivity contribution in [3.63, 3.8) is 0 Å². The molecule has 2 aromatic heterocycles. The number of hydrogen-bond acceptors (Lipinski definition) is 3. The van der Waals surface area contributed by atoms with Gasteiger partial charge in [-0.05, 0) is 72.0 Å². The van der Waals surface area contributed by atoms with Crippen molar-refractivity contribution in [2.75, 3.05) is 0 Å². The third-order valence-electron chi connectivity index (χ3n) is 6.62. The molecule has 0 fully saturated rings.